The van der Waals surface area contributed by atoms with E-state index in [1.165, 1.54) is 83.5 Å². The summed E-state index contributed by atoms with van der Waals surface area (Å²) in [5, 5.41) is 37.8. The fourth-order valence-electron chi connectivity index (χ4n) is 12.1. The predicted molar refractivity (Wildman–Crippen MR) is 303 cm³/mol. The average molecular weight is 1080 g/mol. The standard InChI is InChI=1S/C62H103N3O12/c1-4-7-9-11-13-15-17-19-21-26-36-63-60(69)75-50-34-35-55-53(47-50)58-51(32-24-28-39-67)49(31-23-27-38-66)46-52-54(64-77-57-33-25-30-42-72-57)48-56(62(76-55,59(52)58)74-41-6-3)65(37-44-71-45-40-68)61(70)73-43-29-22-20-18-16-14-12-10-8-5-2/h6,34-35,46-47,49,51,56-59,66-68H,3-5,7-33,36-45,48H2,1-2H3,(H,63,69)/t49-,51+,56-,57?,58+,59+,62+/m0/s1. The summed E-state index contributed by atoms with van der Waals surface area (Å²) in [4.78, 5) is 36.4. The van der Waals surface area contributed by atoms with Crippen molar-refractivity contribution in [1.82, 2.24) is 10.2 Å². The highest BCUT2D eigenvalue weighted by Crippen LogP contribution is 2.62. The van der Waals surface area contributed by atoms with Gasteiger partial charge in [0, 0.05) is 50.6 Å². The Morgan fingerprint density at radius 1 is 0.792 bits per heavy atom. The van der Waals surface area contributed by atoms with E-state index in [1.807, 2.05) is 12.1 Å². The monoisotopic (exact) mass is 1080 g/mol. The molecule has 15 nitrogen and oxygen atoms in total. The zero-order chi connectivity index (χ0) is 54.8. The predicted octanol–water partition coefficient (Wildman–Crippen LogP) is 13.2. The van der Waals surface area contributed by atoms with Crippen LogP contribution in [0.5, 0.6) is 11.5 Å². The van der Waals surface area contributed by atoms with Crippen molar-refractivity contribution in [2.45, 2.75) is 231 Å². The van der Waals surface area contributed by atoms with Gasteiger partial charge in [-0.25, -0.2) is 9.59 Å². The number of aliphatic hydroxyl groups excluding tert-OH is 3. The van der Waals surface area contributed by atoms with Crippen molar-refractivity contribution in [1.29, 1.82) is 0 Å². The number of unbranched alkanes of at least 4 members (excludes halogenated alkanes) is 20. The van der Waals surface area contributed by atoms with Gasteiger partial charge >= 0.3 is 12.2 Å². The van der Waals surface area contributed by atoms with E-state index in [1.54, 1.807) is 17.0 Å². The number of hydrogen-bond donors (Lipinski definition) is 4. The topological polar surface area (TPSA) is 187 Å². The average Bonchev–Trinajstić information content (AvgIpc) is 3.56. The number of nitrogens with one attached hydrogen (secondary N) is 1. The number of allylic oxidation sites excluding steroid dienone is 1. The number of ether oxygens (including phenoxy) is 6. The Kier molecular flexibility index (Phi) is 31.6. The SMILES string of the molecule is C=CCO[C@@]12Oc3ccc(OC(=O)NCCCCCCCCCCCC)cc3[C@H]3[C@H](CCCCO)[C@@H](CCCCO)C=C(C(=NOC4CCCCO4)C[C@@H]1N(CCOCCO)C(=O)OCCCCCCCCCCCC)[C@H]32. The van der Waals surface area contributed by atoms with Crippen LogP contribution in [0.1, 0.15) is 218 Å². The first-order chi connectivity index (χ1) is 37.8. The molecule has 15 heteroatoms. The van der Waals surface area contributed by atoms with Crippen LogP contribution in [-0.2, 0) is 23.8 Å². The number of carbonyl (C=O) groups excluding carboxylic acids is 2. The Morgan fingerprint density at radius 3 is 2.09 bits per heavy atom. The van der Waals surface area contributed by atoms with Crippen LogP contribution in [0.15, 0.2) is 47.7 Å². The van der Waals surface area contributed by atoms with Gasteiger partial charge in [-0.1, -0.05) is 160 Å². The van der Waals surface area contributed by atoms with E-state index in [2.05, 4.69) is 31.8 Å². The molecule has 2 aliphatic carbocycles. The van der Waals surface area contributed by atoms with Gasteiger partial charge in [-0.15, -0.1) is 6.58 Å². The summed E-state index contributed by atoms with van der Waals surface area (Å²) in [5.74, 6) is -1.52. The van der Waals surface area contributed by atoms with Crippen LogP contribution in [0, 0.1) is 17.8 Å². The summed E-state index contributed by atoms with van der Waals surface area (Å²) >= 11 is 0. The number of nitrogens with zero attached hydrogens (tertiary/aromatic N) is 2. The molecule has 77 heavy (non-hydrogen) atoms. The second-order valence-electron chi connectivity index (χ2n) is 22.0. The molecule has 5 rings (SSSR count). The highest BCUT2D eigenvalue weighted by Gasteiger charge is 2.65. The molecule has 1 saturated carbocycles. The van der Waals surface area contributed by atoms with Crippen LogP contribution in [0.4, 0.5) is 9.59 Å². The minimum absolute atomic E-state index is 0.00941. The maximum absolute atomic E-state index is 14.9. The van der Waals surface area contributed by atoms with Gasteiger partial charge in [0.2, 0.25) is 12.1 Å². The lowest BCUT2D eigenvalue weighted by atomic mass is 9.55. The lowest BCUT2D eigenvalue weighted by Gasteiger charge is -2.59. The van der Waals surface area contributed by atoms with Gasteiger partial charge in [0.1, 0.15) is 17.5 Å². The van der Waals surface area contributed by atoms with E-state index >= 15 is 0 Å². The maximum atomic E-state index is 14.9. The number of rotatable bonds is 42. The number of carbonyl (C=O) groups is 2. The Morgan fingerprint density at radius 2 is 1.45 bits per heavy atom. The molecule has 2 amide bonds. The van der Waals surface area contributed by atoms with Crippen molar-refractivity contribution in [2.24, 2.45) is 22.9 Å². The van der Waals surface area contributed by atoms with Gasteiger partial charge in [0.05, 0.1) is 51.3 Å². The van der Waals surface area contributed by atoms with E-state index < -0.39 is 36.2 Å². The zero-order valence-corrected chi connectivity index (χ0v) is 47.8. The van der Waals surface area contributed by atoms with E-state index in [0.29, 0.717) is 49.6 Å². The molecule has 4 N–H and O–H groups in total. The molecule has 2 heterocycles. The first-order valence-electron chi connectivity index (χ1n) is 30.8. The van der Waals surface area contributed by atoms with Crippen LogP contribution < -0.4 is 14.8 Å². The summed E-state index contributed by atoms with van der Waals surface area (Å²) < 4.78 is 38.7. The molecule has 0 bridgehead atoms. The largest absolute Gasteiger partial charge is 0.459 e. The van der Waals surface area contributed by atoms with Crippen LogP contribution in [-0.4, -0.2) is 122 Å². The minimum Gasteiger partial charge on any atom is -0.459 e. The number of aliphatic hydroxyl groups is 3. The second-order valence-corrected chi connectivity index (χ2v) is 22.0. The molecule has 0 spiro atoms. The molecular weight excluding hydrogens is 979 g/mol. The molecule has 7 atom stereocenters. The molecule has 1 aromatic rings. The van der Waals surface area contributed by atoms with Crippen molar-refractivity contribution in [3.05, 3.63) is 48.1 Å². The Balaban J connectivity index is 1.52. The Bertz CT molecular complexity index is 1860. The van der Waals surface area contributed by atoms with Gasteiger partial charge in [-0.3, -0.25) is 4.90 Å². The molecular formula is C62H103N3O12. The third kappa shape index (κ3) is 21.0. The summed E-state index contributed by atoms with van der Waals surface area (Å²) in [7, 11) is 0. The van der Waals surface area contributed by atoms with Gasteiger partial charge in [-0.2, -0.15) is 0 Å². The van der Waals surface area contributed by atoms with Crippen LogP contribution >= 0.6 is 0 Å². The summed E-state index contributed by atoms with van der Waals surface area (Å²) in [6.07, 6.45) is 33.1. The van der Waals surface area contributed by atoms with Crippen molar-refractivity contribution < 1.29 is 58.2 Å². The van der Waals surface area contributed by atoms with Crippen LogP contribution in [0.3, 0.4) is 0 Å². The fraction of sp³-hybridized carbons (Fsp3) is 0.790. The Hall–Kier alpha value is -3.73. The fourth-order valence-corrected chi connectivity index (χ4v) is 12.1. The molecule has 0 radical (unpaired) electrons. The maximum Gasteiger partial charge on any atom is 0.412 e. The Labute approximate surface area is 463 Å². The van der Waals surface area contributed by atoms with E-state index in [0.717, 1.165) is 94.6 Å². The molecule has 4 aliphatic rings. The molecule has 438 valence electrons. The number of benzene rings is 1. The molecule has 1 unspecified atom stereocenters. The van der Waals surface area contributed by atoms with Gasteiger partial charge in [0.25, 0.3) is 0 Å². The molecule has 0 aromatic heterocycles. The molecule has 2 fully saturated rings. The summed E-state index contributed by atoms with van der Waals surface area (Å²) in [6.45, 7) is 10.3. The highest BCUT2D eigenvalue weighted by atomic mass is 16.8. The van der Waals surface area contributed by atoms with Crippen molar-refractivity contribution in [2.75, 3.05) is 65.9 Å². The lowest BCUT2D eigenvalue weighted by Crippen LogP contribution is -2.70. The normalized spacial score (nSPS) is 23.1. The van der Waals surface area contributed by atoms with Gasteiger partial charge in [-0.05, 0) is 87.0 Å². The molecule has 1 saturated heterocycles. The first-order valence-corrected chi connectivity index (χ1v) is 30.8. The minimum atomic E-state index is -1.52. The van der Waals surface area contributed by atoms with E-state index in [-0.39, 0.29) is 77.0 Å². The van der Waals surface area contributed by atoms with Crippen LogP contribution in [0.2, 0.25) is 0 Å². The van der Waals surface area contributed by atoms with Crippen molar-refractivity contribution in [3.8, 4) is 11.5 Å². The molecule has 2 aliphatic heterocycles. The van der Waals surface area contributed by atoms with E-state index in [4.69, 9.17) is 38.4 Å². The number of oxime groups is 1. The number of amides is 2. The highest BCUT2D eigenvalue weighted by molar-refractivity contribution is 6.03. The smallest absolute Gasteiger partial charge is 0.412 e. The first kappa shape index (κ1) is 64.1. The van der Waals surface area contributed by atoms with Crippen molar-refractivity contribution >= 4 is 17.9 Å². The summed E-state index contributed by atoms with van der Waals surface area (Å²) in [5.41, 5.74) is 2.38. The third-order valence-electron chi connectivity index (χ3n) is 16.1. The van der Waals surface area contributed by atoms with Gasteiger partial charge in [0.15, 0.2) is 0 Å². The van der Waals surface area contributed by atoms with Crippen LogP contribution in [0.25, 0.3) is 0 Å². The second kappa shape index (κ2) is 38.0. The third-order valence-corrected chi connectivity index (χ3v) is 16.1. The lowest BCUT2D eigenvalue weighted by molar-refractivity contribution is -0.256. The number of hydrogen-bond acceptors (Lipinski definition) is 13. The quantitative estimate of drug-likeness (QED) is 0.0276. The number of fused-ring (bicyclic) bond motifs is 2. The molecule has 1 aromatic carbocycles. The van der Waals surface area contributed by atoms with Gasteiger partial charge < -0.3 is 53.9 Å². The van der Waals surface area contributed by atoms with Crippen molar-refractivity contribution in [3.63, 3.8) is 0 Å². The zero-order valence-electron chi connectivity index (χ0n) is 47.8. The summed E-state index contributed by atoms with van der Waals surface area (Å²) in [6, 6.07) is 4.70. The van der Waals surface area contributed by atoms with E-state index in [9.17, 15) is 24.9 Å².